The fraction of sp³-hybridized carbons (Fsp3) is 0.118. The lowest BCUT2D eigenvalue weighted by atomic mass is 9.91. The first kappa shape index (κ1) is 35.9. The standard InChI is InChI=1S/C20H16.C16H15N.C15H14N2/c1-14-7-3-2-4-8-16-12-20-17(13-19(14)16)11-15-9-5-6-10-18(15)20;1-11-6-7-12-9-16-13(10-17-2)4-3-5-14(16)15(12)8-11;1-16-15(14-10-6-3-7-11-14)17-12-13-8-4-2-5-9-13/h2-7,9-10,12-13H,1,8,11H2;3-8H,2,9-10H2,1H3;2-11H,1,12H2/b4-2-,7-3-;;. The summed E-state index contributed by atoms with van der Waals surface area (Å²) < 4.78 is 0. The van der Waals surface area contributed by atoms with E-state index in [1.54, 1.807) is 0 Å². The minimum absolute atomic E-state index is 0.629. The van der Waals surface area contributed by atoms with Gasteiger partial charge >= 0.3 is 0 Å². The highest BCUT2D eigenvalue weighted by atomic mass is 14.9. The molecule has 9 rings (SSSR count). The Morgan fingerprint density at radius 1 is 0.593 bits per heavy atom. The molecule has 0 saturated heterocycles. The lowest BCUT2D eigenvalue weighted by Gasteiger charge is -2.13. The summed E-state index contributed by atoms with van der Waals surface area (Å²) in [5.41, 5.74) is 19.9. The van der Waals surface area contributed by atoms with Crippen LogP contribution in [-0.2, 0) is 32.4 Å². The van der Waals surface area contributed by atoms with E-state index in [0.29, 0.717) is 12.4 Å². The van der Waals surface area contributed by atoms with Gasteiger partial charge in [-0.15, -0.1) is 0 Å². The molecular formula is C51H45N3. The predicted molar refractivity (Wildman–Crippen MR) is 231 cm³/mol. The summed E-state index contributed by atoms with van der Waals surface area (Å²) in [5, 5.41) is 0. The molecule has 0 radical (unpaired) electrons. The van der Waals surface area contributed by atoms with Crippen LogP contribution in [-0.4, -0.2) is 19.3 Å². The van der Waals surface area contributed by atoms with Gasteiger partial charge in [0.1, 0.15) is 0 Å². The van der Waals surface area contributed by atoms with E-state index in [4.69, 9.17) is 0 Å². The van der Waals surface area contributed by atoms with Crippen molar-refractivity contribution in [2.24, 2.45) is 15.0 Å². The van der Waals surface area contributed by atoms with Gasteiger partial charge in [0.2, 0.25) is 0 Å². The summed E-state index contributed by atoms with van der Waals surface area (Å²) in [6, 6.07) is 46.7. The second-order valence-corrected chi connectivity index (χ2v) is 13.8. The van der Waals surface area contributed by atoms with Crippen LogP contribution >= 0.6 is 0 Å². The minimum Gasteiger partial charge on any atom is -0.296 e. The number of aryl methyl sites for hydroxylation is 1. The molecule has 0 heterocycles. The Balaban J connectivity index is 0.000000126. The van der Waals surface area contributed by atoms with E-state index in [-0.39, 0.29) is 0 Å². The lowest BCUT2D eigenvalue weighted by Crippen LogP contribution is -1.97. The zero-order valence-corrected chi connectivity index (χ0v) is 31.0. The molecule has 0 fully saturated rings. The van der Waals surface area contributed by atoms with Crippen molar-refractivity contribution in [2.75, 3.05) is 0 Å². The average Bonchev–Trinajstić information content (AvgIpc) is 3.76. The molecule has 264 valence electrons. The van der Waals surface area contributed by atoms with Crippen LogP contribution in [0.5, 0.6) is 0 Å². The van der Waals surface area contributed by atoms with Gasteiger partial charge < -0.3 is 0 Å². The van der Waals surface area contributed by atoms with Crippen molar-refractivity contribution < 1.29 is 0 Å². The van der Waals surface area contributed by atoms with Crippen molar-refractivity contribution in [3.8, 4) is 22.3 Å². The van der Waals surface area contributed by atoms with Gasteiger partial charge in [-0.25, -0.2) is 4.99 Å². The first-order valence-electron chi connectivity index (χ1n) is 18.5. The average molecular weight is 700 g/mol. The second-order valence-electron chi connectivity index (χ2n) is 13.8. The van der Waals surface area contributed by atoms with Gasteiger partial charge in [0.05, 0.1) is 13.1 Å². The summed E-state index contributed by atoms with van der Waals surface area (Å²) in [7, 11) is 0. The number of aliphatic imine (C=N–C) groups is 3. The third-order valence-corrected chi connectivity index (χ3v) is 10.2. The number of benzene rings is 6. The molecule has 3 nitrogen and oxygen atoms in total. The number of amidine groups is 1. The maximum absolute atomic E-state index is 4.47. The fourth-order valence-corrected chi connectivity index (χ4v) is 7.45. The fourth-order valence-electron chi connectivity index (χ4n) is 7.45. The summed E-state index contributed by atoms with van der Waals surface area (Å²) in [5.74, 6) is 0.689. The van der Waals surface area contributed by atoms with Crippen LogP contribution in [0.2, 0.25) is 0 Å². The molecule has 6 aromatic carbocycles. The van der Waals surface area contributed by atoms with Gasteiger partial charge in [-0.2, -0.15) is 0 Å². The number of nitrogens with zero attached hydrogens (tertiary/aromatic N) is 3. The molecule has 0 aliphatic heterocycles. The highest BCUT2D eigenvalue weighted by Crippen LogP contribution is 2.40. The largest absolute Gasteiger partial charge is 0.296 e. The van der Waals surface area contributed by atoms with E-state index >= 15 is 0 Å². The number of hydrogen-bond acceptors (Lipinski definition) is 2. The maximum atomic E-state index is 4.47. The molecule has 0 aromatic heterocycles. The Kier molecular flexibility index (Phi) is 11.3. The van der Waals surface area contributed by atoms with Crippen LogP contribution in [0.25, 0.3) is 27.8 Å². The van der Waals surface area contributed by atoms with Crippen molar-refractivity contribution in [1.82, 2.24) is 0 Å². The van der Waals surface area contributed by atoms with Crippen molar-refractivity contribution in [1.29, 1.82) is 0 Å². The van der Waals surface area contributed by atoms with E-state index in [9.17, 15) is 0 Å². The van der Waals surface area contributed by atoms with Crippen LogP contribution < -0.4 is 0 Å². The molecule has 0 spiro atoms. The smallest absolute Gasteiger partial charge is 0.154 e. The Hall–Kier alpha value is -6.45. The number of fused-ring (bicyclic) bond motifs is 7. The van der Waals surface area contributed by atoms with Gasteiger partial charge in [0.25, 0.3) is 0 Å². The SMILES string of the molecule is C=C1/C=C\C=C/Cc2cc3c(cc21)Cc1ccccc1-3.C=NC(=NCc1ccccc1)c1ccccc1.C=NCc1cccc2c1Cc1ccc(C)cc1-2. The molecule has 3 aliphatic rings. The van der Waals surface area contributed by atoms with Crippen molar-refractivity contribution >= 4 is 24.8 Å². The van der Waals surface area contributed by atoms with Crippen LogP contribution in [0.1, 0.15) is 55.6 Å². The topological polar surface area (TPSA) is 37.1 Å². The van der Waals surface area contributed by atoms with E-state index in [1.165, 1.54) is 72.3 Å². The number of allylic oxidation sites excluding steroid dienone is 5. The molecule has 0 atom stereocenters. The van der Waals surface area contributed by atoms with E-state index in [0.717, 1.165) is 36.9 Å². The molecule has 3 aliphatic carbocycles. The summed E-state index contributed by atoms with van der Waals surface area (Å²) in [6.07, 6.45) is 11.6. The first-order valence-corrected chi connectivity index (χ1v) is 18.5. The van der Waals surface area contributed by atoms with Crippen LogP contribution in [0, 0.1) is 6.92 Å². The molecule has 0 N–H and O–H groups in total. The minimum atomic E-state index is 0.629. The third-order valence-electron chi connectivity index (χ3n) is 10.2. The summed E-state index contributed by atoms with van der Waals surface area (Å²) in [4.78, 5) is 12.5. The molecular weight excluding hydrogens is 655 g/mol. The molecule has 0 bridgehead atoms. The Morgan fingerprint density at radius 3 is 2.09 bits per heavy atom. The van der Waals surface area contributed by atoms with E-state index in [1.807, 2.05) is 48.5 Å². The molecule has 0 unspecified atom stereocenters. The third kappa shape index (κ3) is 8.11. The predicted octanol–water partition coefficient (Wildman–Crippen LogP) is 12.0. The van der Waals surface area contributed by atoms with Crippen LogP contribution in [0.15, 0.2) is 179 Å². The highest BCUT2D eigenvalue weighted by Gasteiger charge is 2.21. The van der Waals surface area contributed by atoms with Gasteiger partial charge in [-0.3, -0.25) is 9.98 Å². The lowest BCUT2D eigenvalue weighted by molar-refractivity contribution is 1.04. The monoisotopic (exact) mass is 699 g/mol. The van der Waals surface area contributed by atoms with Gasteiger partial charge in [-0.1, -0.05) is 158 Å². The van der Waals surface area contributed by atoms with Crippen LogP contribution in [0.3, 0.4) is 0 Å². The molecule has 54 heavy (non-hydrogen) atoms. The molecule has 3 heteroatoms. The summed E-state index contributed by atoms with van der Waals surface area (Å²) in [6.45, 7) is 14.9. The zero-order chi connectivity index (χ0) is 37.3. The van der Waals surface area contributed by atoms with Gasteiger partial charge in [0, 0.05) is 5.56 Å². The summed E-state index contributed by atoms with van der Waals surface area (Å²) >= 11 is 0. The van der Waals surface area contributed by atoms with Crippen molar-refractivity contribution in [2.45, 2.75) is 39.3 Å². The molecule has 0 saturated carbocycles. The Morgan fingerprint density at radius 2 is 1.30 bits per heavy atom. The number of rotatable bonds is 5. The zero-order valence-electron chi connectivity index (χ0n) is 31.0. The first-order chi connectivity index (χ1) is 26.5. The Bertz CT molecular complexity index is 2410. The molecule has 6 aromatic rings. The molecule has 0 amide bonds. The van der Waals surface area contributed by atoms with Gasteiger partial charge in [0.15, 0.2) is 5.84 Å². The van der Waals surface area contributed by atoms with Gasteiger partial charge in [-0.05, 0) is 124 Å². The Labute approximate surface area is 320 Å². The van der Waals surface area contributed by atoms with Crippen LogP contribution in [0.4, 0.5) is 0 Å². The van der Waals surface area contributed by atoms with E-state index < -0.39 is 0 Å². The van der Waals surface area contributed by atoms with E-state index in [2.05, 4.69) is 151 Å². The maximum Gasteiger partial charge on any atom is 0.154 e. The number of hydrogen-bond donors (Lipinski definition) is 0. The second kappa shape index (κ2) is 16.9. The highest BCUT2D eigenvalue weighted by molar-refractivity contribution is 6.01. The van der Waals surface area contributed by atoms with Crippen molar-refractivity contribution in [3.05, 3.63) is 220 Å². The van der Waals surface area contributed by atoms with Crippen molar-refractivity contribution in [3.63, 3.8) is 0 Å². The quantitative estimate of drug-likeness (QED) is 0.127. The normalized spacial score (nSPS) is 14.2.